The zero-order chi connectivity index (χ0) is 24.1. The quantitative estimate of drug-likeness (QED) is 0.340. The van der Waals surface area contributed by atoms with Crippen LogP contribution in [0.25, 0.3) is 0 Å². The minimum Gasteiger partial charge on any atom is -1.00 e. The topological polar surface area (TPSA) is 65.4 Å². The molecule has 0 aromatic heterocycles. The van der Waals surface area contributed by atoms with Crippen LogP contribution < -0.4 is 27.0 Å². The third kappa shape index (κ3) is 5.11. The van der Waals surface area contributed by atoms with Crippen molar-refractivity contribution in [3.05, 3.63) is 102 Å². The molecule has 2 saturated heterocycles. The van der Waals surface area contributed by atoms with Crippen LogP contribution in [-0.4, -0.2) is 60.8 Å². The molecule has 186 valence electrons. The Hall–Kier alpha value is -3.34. The predicted octanol–water partition coefficient (Wildman–Crippen LogP) is 1.15. The van der Waals surface area contributed by atoms with Gasteiger partial charge < -0.3 is 36.4 Å². The first-order chi connectivity index (χ1) is 17.1. The fraction of sp³-hybridized carbons (Fsp3) is 0.310. The van der Waals surface area contributed by atoms with E-state index in [-0.39, 0.29) is 29.1 Å². The number of nitrogens with one attached hydrogen (secondary N) is 1. The SMILES string of the molecule is N#CC[N+]1(CCOc2ccccc2)CCC(N2CC(c3ccccc3)(c3ccccc3)NC2=O)C1.[Br-]. The second kappa shape index (κ2) is 11.2. The molecular formula is C29H31BrN4O2. The van der Waals surface area contributed by atoms with Crippen LogP contribution >= 0.6 is 0 Å². The average Bonchev–Trinajstić information content (AvgIpc) is 3.48. The summed E-state index contributed by atoms with van der Waals surface area (Å²) in [5.74, 6) is 0.841. The predicted molar refractivity (Wildman–Crippen MR) is 135 cm³/mol. The monoisotopic (exact) mass is 546 g/mol. The molecule has 7 heteroatoms. The second-order valence-electron chi connectivity index (χ2n) is 9.59. The van der Waals surface area contributed by atoms with E-state index in [0.717, 1.165) is 42.9 Å². The third-order valence-electron chi connectivity index (χ3n) is 7.48. The minimum absolute atomic E-state index is 0. The fourth-order valence-corrected chi connectivity index (χ4v) is 5.61. The van der Waals surface area contributed by atoms with E-state index in [1.807, 2.05) is 71.6 Å². The number of carbonyl (C=O) groups is 1. The van der Waals surface area contributed by atoms with Crippen molar-refractivity contribution in [2.24, 2.45) is 0 Å². The van der Waals surface area contributed by atoms with Crippen molar-refractivity contribution in [1.29, 1.82) is 5.26 Å². The van der Waals surface area contributed by atoms with Gasteiger partial charge in [-0.2, -0.15) is 5.26 Å². The number of rotatable bonds is 8. The molecule has 2 aliphatic rings. The van der Waals surface area contributed by atoms with E-state index in [1.165, 1.54) is 0 Å². The molecule has 0 radical (unpaired) electrons. The first kappa shape index (κ1) is 25.7. The molecule has 6 nitrogen and oxygen atoms in total. The number of carbonyl (C=O) groups excluding carboxylic acids is 1. The number of benzene rings is 3. The summed E-state index contributed by atoms with van der Waals surface area (Å²) in [5, 5.41) is 12.9. The van der Waals surface area contributed by atoms with E-state index in [1.54, 1.807) is 0 Å². The zero-order valence-electron chi connectivity index (χ0n) is 20.2. The number of hydrogen-bond donors (Lipinski definition) is 1. The maximum Gasteiger partial charge on any atom is 0.319 e. The number of amides is 2. The van der Waals surface area contributed by atoms with Gasteiger partial charge in [0.05, 0.1) is 19.1 Å². The number of para-hydroxylation sites is 1. The molecule has 2 heterocycles. The minimum atomic E-state index is -0.594. The molecule has 1 N–H and O–H groups in total. The lowest BCUT2D eigenvalue weighted by molar-refractivity contribution is -0.910. The third-order valence-corrected chi connectivity index (χ3v) is 7.48. The Morgan fingerprint density at radius 1 is 0.972 bits per heavy atom. The van der Waals surface area contributed by atoms with Gasteiger partial charge in [-0.1, -0.05) is 78.9 Å². The fourth-order valence-electron chi connectivity index (χ4n) is 5.61. The van der Waals surface area contributed by atoms with Gasteiger partial charge in [-0.3, -0.25) is 0 Å². The maximum absolute atomic E-state index is 13.4. The van der Waals surface area contributed by atoms with Crippen LogP contribution in [0.1, 0.15) is 17.5 Å². The lowest BCUT2D eigenvalue weighted by Crippen LogP contribution is -3.00. The average molecular weight is 547 g/mol. The van der Waals surface area contributed by atoms with Gasteiger partial charge in [-0.25, -0.2) is 4.79 Å². The summed E-state index contributed by atoms with van der Waals surface area (Å²) >= 11 is 0. The molecule has 2 amide bonds. The molecule has 2 unspecified atom stereocenters. The molecule has 2 fully saturated rings. The normalized spacial score (nSPS) is 22.4. The first-order valence-electron chi connectivity index (χ1n) is 12.2. The van der Waals surface area contributed by atoms with Crippen molar-refractivity contribution in [2.45, 2.75) is 18.0 Å². The Labute approximate surface area is 223 Å². The molecule has 3 aromatic rings. The largest absolute Gasteiger partial charge is 1.00 e. The lowest BCUT2D eigenvalue weighted by atomic mass is 9.83. The summed E-state index contributed by atoms with van der Waals surface area (Å²) in [7, 11) is 0. The van der Waals surface area contributed by atoms with Crippen molar-refractivity contribution in [3.63, 3.8) is 0 Å². The zero-order valence-corrected chi connectivity index (χ0v) is 21.8. The van der Waals surface area contributed by atoms with Gasteiger partial charge in [0.2, 0.25) is 0 Å². The van der Waals surface area contributed by atoms with Crippen LogP contribution in [0.5, 0.6) is 5.75 Å². The molecule has 36 heavy (non-hydrogen) atoms. The molecule has 0 aliphatic carbocycles. The van der Waals surface area contributed by atoms with E-state index in [9.17, 15) is 10.1 Å². The highest BCUT2D eigenvalue weighted by atomic mass is 79.9. The number of halogens is 1. The Kier molecular flexibility index (Phi) is 7.97. The van der Waals surface area contributed by atoms with E-state index in [2.05, 4.69) is 35.7 Å². The second-order valence-corrected chi connectivity index (χ2v) is 9.59. The molecule has 0 spiro atoms. The summed E-state index contributed by atoms with van der Waals surface area (Å²) in [6.45, 7) is 3.91. The highest BCUT2D eigenvalue weighted by Crippen LogP contribution is 2.37. The Morgan fingerprint density at radius 2 is 1.56 bits per heavy atom. The summed E-state index contributed by atoms with van der Waals surface area (Å²) in [6, 6.07) is 32.6. The Balaban J connectivity index is 0.00000304. The first-order valence-corrected chi connectivity index (χ1v) is 12.2. The van der Waals surface area contributed by atoms with E-state index in [0.29, 0.717) is 24.2 Å². The number of nitrogens with zero attached hydrogens (tertiary/aromatic N) is 3. The van der Waals surface area contributed by atoms with Gasteiger partial charge in [0, 0.05) is 6.42 Å². The van der Waals surface area contributed by atoms with Crippen molar-refractivity contribution >= 4 is 6.03 Å². The van der Waals surface area contributed by atoms with Crippen LogP contribution in [0.3, 0.4) is 0 Å². The molecule has 0 bridgehead atoms. The molecule has 2 atom stereocenters. The lowest BCUT2D eigenvalue weighted by Gasteiger charge is -2.33. The number of ether oxygens (including phenoxy) is 1. The Bertz CT molecular complexity index is 1150. The van der Waals surface area contributed by atoms with Crippen molar-refractivity contribution < 1.29 is 31.0 Å². The van der Waals surface area contributed by atoms with E-state index in [4.69, 9.17) is 4.74 Å². The number of nitriles is 1. The van der Waals surface area contributed by atoms with Crippen molar-refractivity contribution in [2.75, 3.05) is 39.3 Å². The molecular weight excluding hydrogens is 516 g/mol. The van der Waals surface area contributed by atoms with Crippen LogP contribution in [0, 0.1) is 11.3 Å². The van der Waals surface area contributed by atoms with Gasteiger partial charge in [-0.15, -0.1) is 0 Å². The molecule has 0 saturated carbocycles. The molecule has 5 rings (SSSR count). The van der Waals surface area contributed by atoms with Crippen LogP contribution in [0.2, 0.25) is 0 Å². The maximum atomic E-state index is 13.4. The number of quaternary nitrogens is 1. The van der Waals surface area contributed by atoms with Crippen molar-refractivity contribution in [3.8, 4) is 11.8 Å². The summed E-state index contributed by atoms with van der Waals surface area (Å²) in [4.78, 5) is 15.4. The summed E-state index contributed by atoms with van der Waals surface area (Å²) in [6.07, 6.45) is 0.875. The number of hydrogen-bond acceptors (Lipinski definition) is 3. The highest BCUT2D eigenvalue weighted by molar-refractivity contribution is 5.80. The van der Waals surface area contributed by atoms with Crippen LogP contribution in [0.4, 0.5) is 4.79 Å². The van der Waals surface area contributed by atoms with Gasteiger partial charge in [-0.05, 0) is 23.3 Å². The summed E-state index contributed by atoms with van der Waals surface area (Å²) < 4.78 is 6.61. The highest BCUT2D eigenvalue weighted by Gasteiger charge is 2.51. The van der Waals surface area contributed by atoms with E-state index < -0.39 is 5.54 Å². The van der Waals surface area contributed by atoms with Gasteiger partial charge in [0.15, 0.2) is 6.54 Å². The summed E-state index contributed by atoms with van der Waals surface area (Å²) in [5.41, 5.74) is 1.56. The van der Waals surface area contributed by atoms with Gasteiger partial charge >= 0.3 is 6.03 Å². The standard InChI is InChI=1S/C29H30N4O2.BrH/c30-17-19-33(20-21-35-27-14-8-3-9-15-27)18-16-26(22-33)32-23-29(31-28(32)34,24-10-4-1-5-11-24)25-12-6-2-7-13-25;/h1-15,26H,16,18-23H2;1H. The molecule has 3 aromatic carbocycles. The van der Waals surface area contributed by atoms with Crippen molar-refractivity contribution in [1.82, 2.24) is 10.2 Å². The van der Waals surface area contributed by atoms with Crippen LogP contribution in [-0.2, 0) is 5.54 Å². The number of likely N-dealkylation sites (tertiary alicyclic amines) is 1. The smallest absolute Gasteiger partial charge is 0.319 e. The Morgan fingerprint density at radius 3 is 2.14 bits per heavy atom. The molecule has 2 aliphatic heterocycles. The van der Waals surface area contributed by atoms with E-state index >= 15 is 0 Å². The van der Waals surface area contributed by atoms with Gasteiger partial charge in [0.25, 0.3) is 0 Å². The van der Waals surface area contributed by atoms with Gasteiger partial charge in [0.1, 0.15) is 37.1 Å². The number of urea groups is 1. The van der Waals surface area contributed by atoms with Crippen LogP contribution in [0.15, 0.2) is 91.0 Å².